The summed E-state index contributed by atoms with van der Waals surface area (Å²) in [7, 11) is 0. The first-order valence-electron chi connectivity index (χ1n) is 4.21. The highest BCUT2D eigenvalue weighted by atomic mass is 19.4. The Morgan fingerprint density at radius 1 is 1.36 bits per heavy atom. The minimum Gasteiger partial charge on any atom is -0.481 e. The highest BCUT2D eigenvalue weighted by Crippen LogP contribution is 2.73. The van der Waals surface area contributed by atoms with Gasteiger partial charge in [-0.15, -0.1) is 13.2 Å². The van der Waals surface area contributed by atoms with Gasteiger partial charge in [0.1, 0.15) is 0 Å². The Bertz CT molecular complexity index is 264. The van der Waals surface area contributed by atoms with Gasteiger partial charge in [-0.1, -0.05) is 0 Å². The van der Waals surface area contributed by atoms with Crippen molar-refractivity contribution in [2.45, 2.75) is 25.6 Å². The van der Waals surface area contributed by atoms with E-state index >= 15 is 0 Å². The summed E-state index contributed by atoms with van der Waals surface area (Å²) >= 11 is 0. The molecular formula is C8H9F3O3. The van der Waals surface area contributed by atoms with E-state index in [4.69, 9.17) is 5.11 Å². The second-order valence-electron chi connectivity index (χ2n) is 4.35. The van der Waals surface area contributed by atoms with Gasteiger partial charge in [0.15, 0.2) is 0 Å². The summed E-state index contributed by atoms with van der Waals surface area (Å²) in [6.07, 6.45) is -3.63. The van der Waals surface area contributed by atoms with Crippen molar-refractivity contribution in [3.05, 3.63) is 0 Å². The average Bonchev–Trinajstić information content (AvgIpc) is 1.76. The Morgan fingerprint density at radius 2 is 1.86 bits per heavy atom. The van der Waals surface area contributed by atoms with Gasteiger partial charge in [0.05, 0.1) is 12.0 Å². The number of aliphatic carboxylic acids is 1. The number of ether oxygens (including phenoxy) is 1. The van der Waals surface area contributed by atoms with Crippen LogP contribution in [0.5, 0.6) is 0 Å². The third-order valence-corrected chi connectivity index (χ3v) is 3.14. The summed E-state index contributed by atoms with van der Waals surface area (Å²) in [6.45, 7) is -0.397. The molecule has 0 aliphatic heterocycles. The van der Waals surface area contributed by atoms with E-state index in [-0.39, 0.29) is 0 Å². The average molecular weight is 210 g/mol. The number of halogens is 3. The zero-order chi connectivity index (χ0) is 10.6. The van der Waals surface area contributed by atoms with E-state index in [0.717, 1.165) is 0 Å². The van der Waals surface area contributed by atoms with Gasteiger partial charge in [-0.05, 0) is 24.7 Å². The largest absolute Gasteiger partial charge is 0.522 e. The third kappa shape index (κ3) is 1.28. The SMILES string of the molecule is O=C(O)C12CC(COC(F)(F)F)(C1)C2. The number of carbonyl (C=O) groups is 1. The highest BCUT2D eigenvalue weighted by Gasteiger charge is 2.72. The molecule has 0 aromatic rings. The molecule has 0 atom stereocenters. The van der Waals surface area contributed by atoms with E-state index in [1.165, 1.54) is 0 Å². The topological polar surface area (TPSA) is 46.5 Å². The fourth-order valence-corrected chi connectivity index (χ4v) is 2.61. The molecule has 80 valence electrons. The predicted molar refractivity (Wildman–Crippen MR) is 38.4 cm³/mol. The zero-order valence-corrected chi connectivity index (χ0v) is 7.23. The fraction of sp³-hybridized carbons (Fsp3) is 0.875. The minimum atomic E-state index is -4.61. The van der Waals surface area contributed by atoms with Crippen LogP contribution in [0.4, 0.5) is 13.2 Å². The Morgan fingerprint density at radius 3 is 2.21 bits per heavy atom. The molecule has 1 N–H and O–H groups in total. The van der Waals surface area contributed by atoms with Crippen LogP contribution in [0, 0.1) is 10.8 Å². The van der Waals surface area contributed by atoms with Crippen LogP contribution in [0.2, 0.25) is 0 Å². The van der Waals surface area contributed by atoms with Crippen LogP contribution in [0.1, 0.15) is 19.3 Å². The van der Waals surface area contributed by atoms with Crippen LogP contribution >= 0.6 is 0 Å². The molecule has 6 heteroatoms. The molecule has 3 saturated carbocycles. The first kappa shape index (κ1) is 9.76. The van der Waals surface area contributed by atoms with Crippen molar-refractivity contribution in [3.8, 4) is 0 Å². The lowest BCUT2D eigenvalue weighted by Gasteiger charge is -2.67. The summed E-state index contributed by atoms with van der Waals surface area (Å²) in [4.78, 5) is 10.6. The molecule has 3 aliphatic carbocycles. The standard InChI is InChI=1S/C8H9F3O3/c9-8(10,11)14-4-6-1-7(2-6,3-6)5(12)13/h1-4H2,(H,12,13). The van der Waals surface area contributed by atoms with Gasteiger partial charge in [-0.25, -0.2) is 0 Å². The predicted octanol–water partition coefficient (Wildman–Crippen LogP) is 1.78. The first-order valence-corrected chi connectivity index (χ1v) is 4.21. The van der Waals surface area contributed by atoms with Crippen molar-refractivity contribution in [2.24, 2.45) is 10.8 Å². The van der Waals surface area contributed by atoms with Crippen molar-refractivity contribution in [2.75, 3.05) is 6.61 Å². The van der Waals surface area contributed by atoms with Gasteiger partial charge in [-0.2, -0.15) is 0 Å². The smallest absolute Gasteiger partial charge is 0.481 e. The molecule has 0 spiro atoms. The van der Waals surface area contributed by atoms with E-state index in [9.17, 15) is 18.0 Å². The summed E-state index contributed by atoms with van der Waals surface area (Å²) in [6, 6.07) is 0. The molecule has 0 heterocycles. The second-order valence-corrected chi connectivity index (χ2v) is 4.35. The van der Waals surface area contributed by atoms with Gasteiger partial charge in [0.2, 0.25) is 0 Å². The molecule has 0 saturated heterocycles. The van der Waals surface area contributed by atoms with Gasteiger partial charge in [0.25, 0.3) is 0 Å². The second kappa shape index (κ2) is 2.42. The van der Waals surface area contributed by atoms with E-state index in [1.54, 1.807) is 0 Å². The highest BCUT2D eigenvalue weighted by molar-refractivity contribution is 5.79. The molecular weight excluding hydrogens is 201 g/mol. The third-order valence-electron chi connectivity index (χ3n) is 3.14. The number of carboxylic acids is 1. The van der Waals surface area contributed by atoms with Crippen molar-refractivity contribution < 1.29 is 27.8 Å². The summed E-state index contributed by atoms with van der Waals surface area (Å²) in [5.41, 5.74) is -1.23. The maximum Gasteiger partial charge on any atom is 0.522 e. The van der Waals surface area contributed by atoms with Crippen LogP contribution in [-0.4, -0.2) is 24.0 Å². The van der Waals surface area contributed by atoms with Crippen molar-refractivity contribution in [1.29, 1.82) is 0 Å². The van der Waals surface area contributed by atoms with Gasteiger partial charge in [0, 0.05) is 0 Å². The molecule has 3 nitrogen and oxygen atoms in total. The van der Waals surface area contributed by atoms with Crippen LogP contribution in [0.15, 0.2) is 0 Å². The maximum absolute atomic E-state index is 11.7. The Labute approximate surface area is 77.8 Å². The van der Waals surface area contributed by atoms with Crippen LogP contribution < -0.4 is 0 Å². The number of hydrogen-bond donors (Lipinski definition) is 1. The monoisotopic (exact) mass is 210 g/mol. The van der Waals surface area contributed by atoms with E-state index in [1.807, 2.05) is 0 Å². The quantitative estimate of drug-likeness (QED) is 0.772. The fourth-order valence-electron chi connectivity index (χ4n) is 2.61. The lowest BCUT2D eigenvalue weighted by atomic mass is 9.35. The number of rotatable bonds is 3. The molecule has 0 aromatic heterocycles. The number of hydrogen-bond acceptors (Lipinski definition) is 2. The van der Waals surface area contributed by atoms with E-state index < -0.39 is 29.8 Å². The molecule has 0 aromatic carbocycles. The molecule has 0 amide bonds. The van der Waals surface area contributed by atoms with E-state index in [2.05, 4.69) is 4.74 Å². The zero-order valence-electron chi connectivity index (χ0n) is 7.23. The number of carboxylic acid groups (broad SMARTS) is 1. The van der Waals surface area contributed by atoms with Gasteiger partial charge in [-0.3, -0.25) is 9.53 Å². The van der Waals surface area contributed by atoms with Crippen LogP contribution in [0.3, 0.4) is 0 Å². The molecule has 3 fully saturated rings. The lowest BCUT2D eigenvalue weighted by Crippen LogP contribution is -2.67. The van der Waals surface area contributed by atoms with E-state index in [0.29, 0.717) is 19.3 Å². The van der Waals surface area contributed by atoms with Crippen LogP contribution in [-0.2, 0) is 9.53 Å². The van der Waals surface area contributed by atoms with Crippen molar-refractivity contribution in [3.63, 3.8) is 0 Å². The van der Waals surface area contributed by atoms with Crippen molar-refractivity contribution in [1.82, 2.24) is 0 Å². The molecule has 3 aliphatic rings. The summed E-state index contributed by atoms with van der Waals surface area (Å²) < 4.78 is 38.7. The summed E-state index contributed by atoms with van der Waals surface area (Å²) in [5, 5.41) is 8.71. The number of alkyl halides is 3. The molecule has 14 heavy (non-hydrogen) atoms. The van der Waals surface area contributed by atoms with Gasteiger partial charge >= 0.3 is 12.3 Å². The molecule has 0 radical (unpaired) electrons. The summed E-state index contributed by atoms with van der Waals surface area (Å²) in [5.74, 6) is -0.897. The molecule has 3 rings (SSSR count). The Kier molecular flexibility index (Phi) is 1.69. The Hall–Kier alpha value is -0.780. The molecule has 0 unspecified atom stereocenters. The van der Waals surface area contributed by atoms with Crippen molar-refractivity contribution >= 4 is 5.97 Å². The van der Waals surface area contributed by atoms with Crippen LogP contribution in [0.25, 0.3) is 0 Å². The maximum atomic E-state index is 11.7. The normalized spacial score (nSPS) is 39.9. The lowest BCUT2D eigenvalue weighted by molar-refractivity contribution is -0.355. The first-order chi connectivity index (χ1) is 6.27. The Balaban J connectivity index is 1.81. The minimum absolute atomic E-state index is 0.325. The van der Waals surface area contributed by atoms with Gasteiger partial charge < -0.3 is 5.11 Å². The molecule has 2 bridgehead atoms.